The minimum absolute atomic E-state index is 0.164. The van der Waals surface area contributed by atoms with Crippen LogP contribution in [-0.4, -0.2) is 12.7 Å². The molecule has 0 aromatic heterocycles. The Balaban J connectivity index is 3.19. The Morgan fingerprint density at radius 2 is 2.05 bits per heavy atom. The van der Waals surface area contributed by atoms with Crippen molar-refractivity contribution >= 4 is 11.6 Å². The molecule has 108 valence electrons. The molecule has 1 aromatic carbocycles. The summed E-state index contributed by atoms with van der Waals surface area (Å²) < 4.78 is 19.2. The number of halogens is 2. The minimum Gasteiger partial charge on any atom is -0.376 e. The molecule has 1 aromatic rings. The van der Waals surface area contributed by atoms with Crippen molar-refractivity contribution in [3.63, 3.8) is 0 Å². The van der Waals surface area contributed by atoms with Crippen molar-refractivity contribution in [2.45, 2.75) is 39.8 Å². The Kier molecular flexibility index (Phi) is 5.74. The molecule has 0 bridgehead atoms. The Morgan fingerprint density at radius 3 is 2.53 bits per heavy atom. The zero-order valence-corrected chi connectivity index (χ0v) is 12.6. The summed E-state index contributed by atoms with van der Waals surface area (Å²) in [6.45, 7) is 8.60. The Bertz CT molecular complexity index is 420. The summed E-state index contributed by atoms with van der Waals surface area (Å²) in [5.41, 5.74) is 3.15. The molecule has 0 radical (unpaired) electrons. The van der Waals surface area contributed by atoms with Crippen molar-refractivity contribution in [3.8, 4) is 0 Å². The third-order valence-electron chi connectivity index (χ3n) is 2.98. The van der Waals surface area contributed by atoms with Crippen molar-refractivity contribution in [1.29, 1.82) is 0 Å². The van der Waals surface area contributed by atoms with Gasteiger partial charge in [0.05, 0.1) is 12.1 Å². The lowest BCUT2D eigenvalue weighted by atomic mass is 9.82. The molecule has 0 amide bonds. The SMILES string of the molecule is CCOC(C(NN)c1cc(F)ccc1Cl)C(C)(C)C. The molecule has 19 heavy (non-hydrogen) atoms. The van der Waals surface area contributed by atoms with Gasteiger partial charge in [-0.3, -0.25) is 11.3 Å². The summed E-state index contributed by atoms with van der Waals surface area (Å²) in [7, 11) is 0. The van der Waals surface area contributed by atoms with Crippen LogP contribution in [-0.2, 0) is 4.74 Å². The molecular weight excluding hydrogens is 267 g/mol. The first-order valence-electron chi connectivity index (χ1n) is 6.34. The third-order valence-corrected chi connectivity index (χ3v) is 3.32. The highest BCUT2D eigenvalue weighted by molar-refractivity contribution is 6.31. The number of rotatable bonds is 5. The average Bonchev–Trinajstić information content (AvgIpc) is 2.32. The van der Waals surface area contributed by atoms with Gasteiger partial charge >= 0.3 is 0 Å². The number of nitrogens with two attached hydrogens (primary N) is 1. The van der Waals surface area contributed by atoms with Gasteiger partial charge in [-0.05, 0) is 36.1 Å². The van der Waals surface area contributed by atoms with Crippen molar-refractivity contribution in [3.05, 3.63) is 34.6 Å². The number of nitrogens with one attached hydrogen (secondary N) is 1. The summed E-state index contributed by atoms with van der Waals surface area (Å²) in [6, 6.07) is 3.88. The van der Waals surface area contributed by atoms with Crippen LogP contribution in [0.4, 0.5) is 4.39 Å². The molecule has 2 unspecified atom stereocenters. The highest BCUT2D eigenvalue weighted by Gasteiger charge is 2.34. The van der Waals surface area contributed by atoms with Crippen molar-refractivity contribution < 1.29 is 9.13 Å². The van der Waals surface area contributed by atoms with Gasteiger partial charge in [0.1, 0.15) is 5.82 Å². The summed E-state index contributed by atoms with van der Waals surface area (Å²) in [6.07, 6.45) is -0.221. The molecule has 1 rings (SSSR count). The highest BCUT2D eigenvalue weighted by Crippen LogP contribution is 2.35. The topological polar surface area (TPSA) is 47.3 Å². The predicted molar refractivity (Wildman–Crippen MR) is 76.3 cm³/mol. The molecule has 3 N–H and O–H groups in total. The van der Waals surface area contributed by atoms with Crippen LogP contribution < -0.4 is 11.3 Å². The Morgan fingerprint density at radius 1 is 1.42 bits per heavy atom. The predicted octanol–water partition coefficient (Wildman–Crippen LogP) is 3.43. The zero-order valence-electron chi connectivity index (χ0n) is 11.8. The molecule has 3 nitrogen and oxygen atoms in total. The number of ether oxygens (including phenoxy) is 1. The van der Waals surface area contributed by atoms with Gasteiger partial charge in [-0.15, -0.1) is 0 Å². The van der Waals surface area contributed by atoms with Crippen LogP contribution in [0.25, 0.3) is 0 Å². The molecule has 0 aliphatic rings. The molecule has 0 saturated heterocycles. The molecule has 0 fully saturated rings. The van der Waals surface area contributed by atoms with Gasteiger partial charge in [0.15, 0.2) is 0 Å². The Hall–Kier alpha value is -0.680. The fourth-order valence-electron chi connectivity index (χ4n) is 2.12. The van der Waals surface area contributed by atoms with Crippen LogP contribution in [0.2, 0.25) is 5.02 Å². The van der Waals surface area contributed by atoms with Gasteiger partial charge in [0.2, 0.25) is 0 Å². The van der Waals surface area contributed by atoms with E-state index in [1.807, 2.05) is 27.7 Å². The van der Waals surface area contributed by atoms with Gasteiger partial charge < -0.3 is 4.74 Å². The second kappa shape index (κ2) is 6.66. The lowest BCUT2D eigenvalue weighted by Crippen LogP contribution is -2.44. The fraction of sp³-hybridized carbons (Fsp3) is 0.571. The number of benzene rings is 1. The number of hydrogen-bond donors (Lipinski definition) is 2. The number of hydrogen-bond acceptors (Lipinski definition) is 3. The third kappa shape index (κ3) is 4.14. The standard InChI is InChI=1S/C14H22ClFN2O/c1-5-19-13(14(2,3)4)12(18-17)10-8-9(16)6-7-11(10)15/h6-8,12-13,18H,5,17H2,1-4H3. The summed E-state index contributed by atoms with van der Waals surface area (Å²) in [5.74, 6) is 5.30. The first-order chi connectivity index (χ1) is 8.81. The van der Waals surface area contributed by atoms with Crippen LogP contribution in [0.1, 0.15) is 39.3 Å². The maximum Gasteiger partial charge on any atom is 0.123 e. The normalized spacial score (nSPS) is 15.3. The van der Waals surface area contributed by atoms with Gasteiger partial charge in [0, 0.05) is 11.6 Å². The second-order valence-electron chi connectivity index (χ2n) is 5.55. The van der Waals surface area contributed by atoms with E-state index in [1.54, 1.807) is 0 Å². The van der Waals surface area contributed by atoms with Crippen LogP contribution >= 0.6 is 11.6 Å². The molecule has 5 heteroatoms. The van der Waals surface area contributed by atoms with Crippen molar-refractivity contribution in [2.75, 3.05) is 6.61 Å². The Labute approximate surface area is 119 Å². The molecule has 0 aliphatic heterocycles. The summed E-state index contributed by atoms with van der Waals surface area (Å²) >= 11 is 6.15. The van der Waals surface area contributed by atoms with E-state index in [-0.39, 0.29) is 23.4 Å². The van der Waals surface area contributed by atoms with Crippen LogP contribution in [0, 0.1) is 11.2 Å². The van der Waals surface area contributed by atoms with Gasteiger partial charge in [-0.1, -0.05) is 32.4 Å². The van der Waals surface area contributed by atoms with E-state index in [0.29, 0.717) is 17.2 Å². The zero-order chi connectivity index (χ0) is 14.6. The summed E-state index contributed by atoms with van der Waals surface area (Å²) in [5, 5.41) is 0.471. The smallest absolute Gasteiger partial charge is 0.123 e. The monoisotopic (exact) mass is 288 g/mol. The first-order valence-corrected chi connectivity index (χ1v) is 6.71. The molecule has 0 saturated carbocycles. The molecular formula is C14H22ClFN2O. The highest BCUT2D eigenvalue weighted by atomic mass is 35.5. The van der Waals surface area contributed by atoms with Crippen molar-refractivity contribution in [2.24, 2.45) is 11.3 Å². The van der Waals surface area contributed by atoms with E-state index >= 15 is 0 Å². The summed E-state index contributed by atoms with van der Waals surface area (Å²) in [4.78, 5) is 0. The minimum atomic E-state index is -0.372. The molecule has 0 heterocycles. The average molecular weight is 289 g/mol. The molecule has 0 spiro atoms. The van der Waals surface area contributed by atoms with Gasteiger partial charge in [-0.2, -0.15) is 0 Å². The lowest BCUT2D eigenvalue weighted by Gasteiger charge is -2.37. The van der Waals surface area contributed by atoms with E-state index in [2.05, 4.69) is 5.43 Å². The largest absolute Gasteiger partial charge is 0.376 e. The lowest BCUT2D eigenvalue weighted by molar-refractivity contribution is -0.0367. The maximum atomic E-state index is 13.4. The number of hydrazine groups is 1. The van der Waals surface area contributed by atoms with E-state index in [1.165, 1.54) is 18.2 Å². The van der Waals surface area contributed by atoms with Crippen LogP contribution in [0.3, 0.4) is 0 Å². The van der Waals surface area contributed by atoms with E-state index in [9.17, 15) is 4.39 Å². The fourth-order valence-corrected chi connectivity index (χ4v) is 2.35. The van der Waals surface area contributed by atoms with E-state index in [4.69, 9.17) is 22.2 Å². The van der Waals surface area contributed by atoms with E-state index < -0.39 is 0 Å². The molecule has 2 atom stereocenters. The van der Waals surface area contributed by atoms with E-state index in [0.717, 1.165) is 0 Å². The second-order valence-corrected chi connectivity index (χ2v) is 5.96. The van der Waals surface area contributed by atoms with Gasteiger partial charge in [0.25, 0.3) is 0 Å². The van der Waals surface area contributed by atoms with Gasteiger partial charge in [-0.25, -0.2) is 4.39 Å². The maximum absolute atomic E-state index is 13.4. The first kappa shape index (κ1) is 16.4. The van der Waals surface area contributed by atoms with Crippen molar-refractivity contribution in [1.82, 2.24) is 5.43 Å². The van der Waals surface area contributed by atoms with Crippen LogP contribution in [0.15, 0.2) is 18.2 Å². The van der Waals surface area contributed by atoms with Crippen LogP contribution in [0.5, 0.6) is 0 Å². The quantitative estimate of drug-likeness (QED) is 0.644. The molecule has 0 aliphatic carbocycles.